The van der Waals surface area contributed by atoms with E-state index >= 15 is 0 Å². The first kappa shape index (κ1) is 11.2. The van der Waals surface area contributed by atoms with E-state index in [2.05, 4.69) is 15.9 Å². The van der Waals surface area contributed by atoms with Gasteiger partial charge in [0.15, 0.2) is 0 Å². The summed E-state index contributed by atoms with van der Waals surface area (Å²) in [6.45, 7) is 1.97. The van der Waals surface area contributed by atoms with Crippen LogP contribution in [-0.4, -0.2) is 11.4 Å². The predicted octanol–water partition coefficient (Wildman–Crippen LogP) is 4.16. The summed E-state index contributed by atoms with van der Waals surface area (Å²) in [4.78, 5) is 0. The van der Waals surface area contributed by atoms with Crippen LogP contribution in [0.25, 0.3) is 0 Å². The lowest BCUT2D eigenvalue weighted by molar-refractivity contribution is 0.248. The van der Waals surface area contributed by atoms with E-state index in [4.69, 9.17) is 27.9 Å². The molecule has 0 aromatic heterocycles. The van der Waals surface area contributed by atoms with Crippen molar-refractivity contribution < 1.29 is 4.74 Å². The van der Waals surface area contributed by atoms with Crippen molar-refractivity contribution in [1.82, 2.24) is 0 Å². The Labute approximate surface area is 96.1 Å². The fourth-order valence-corrected chi connectivity index (χ4v) is 1.23. The van der Waals surface area contributed by atoms with Gasteiger partial charge >= 0.3 is 0 Å². The Kier molecular flexibility index (Phi) is 4.36. The number of hydrogen-bond donors (Lipinski definition) is 0. The van der Waals surface area contributed by atoms with Crippen molar-refractivity contribution in [3.8, 4) is 5.75 Å². The first-order chi connectivity index (χ1) is 6.13. The highest BCUT2D eigenvalue weighted by atomic mass is 79.9. The highest BCUT2D eigenvalue weighted by molar-refractivity contribution is 9.09. The molecule has 0 aliphatic heterocycles. The minimum Gasteiger partial charge on any atom is -0.490 e. The molecule has 0 spiro atoms. The lowest BCUT2D eigenvalue weighted by atomic mass is 10.3. The normalized spacial score (nSPS) is 12.6. The second-order valence-corrected chi connectivity index (χ2v) is 4.12. The molecule has 1 aromatic carbocycles. The minimum absolute atomic E-state index is 0.122. The number of ether oxygens (including phenoxy) is 1. The molecule has 0 aliphatic rings. The molecule has 0 heterocycles. The number of alkyl halides is 1. The van der Waals surface area contributed by atoms with E-state index in [0.717, 1.165) is 11.1 Å². The van der Waals surface area contributed by atoms with E-state index in [9.17, 15) is 0 Å². The largest absolute Gasteiger partial charge is 0.490 e. The van der Waals surface area contributed by atoms with Gasteiger partial charge in [0, 0.05) is 11.4 Å². The van der Waals surface area contributed by atoms with Crippen LogP contribution < -0.4 is 4.74 Å². The lowest BCUT2D eigenvalue weighted by Crippen LogP contribution is -2.12. The van der Waals surface area contributed by atoms with Gasteiger partial charge in [-0.3, -0.25) is 0 Å². The number of benzene rings is 1. The average Bonchev–Trinajstić information content (AvgIpc) is 2.11. The molecule has 0 aliphatic carbocycles. The predicted molar refractivity (Wildman–Crippen MR) is 60.3 cm³/mol. The van der Waals surface area contributed by atoms with E-state index < -0.39 is 0 Å². The smallest absolute Gasteiger partial charge is 0.121 e. The summed E-state index contributed by atoms with van der Waals surface area (Å²) in [5.74, 6) is 0.737. The summed E-state index contributed by atoms with van der Waals surface area (Å²) < 4.78 is 5.51. The standard InChI is InChI=1S/C9H9BrCl2O/c1-6(5-10)13-7-2-3-8(11)9(12)4-7/h2-4,6H,5H2,1H3/t6-/m1/s1. The SMILES string of the molecule is C[C@H](CBr)Oc1ccc(Cl)c(Cl)c1. The Balaban J connectivity index is 2.73. The number of hydrogen-bond acceptors (Lipinski definition) is 1. The summed E-state index contributed by atoms with van der Waals surface area (Å²) >= 11 is 14.9. The molecular formula is C9H9BrCl2O. The molecule has 0 saturated carbocycles. The molecule has 0 radical (unpaired) electrons. The Morgan fingerprint density at radius 3 is 2.62 bits per heavy atom. The van der Waals surface area contributed by atoms with E-state index in [1.165, 1.54) is 0 Å². The fourth-order valence-electron chi connectivity index (χ4n) is 0.814. The van der Waals surface area contributed by atoms with E-state index in [1.54, 1.807) is 18.2 Å². The summed E-state index contributed by atoms with van der Waals surface area (Å²) in [5.41, 5.74) is 0. The monoisotopic (exact) mass is 282 g/mol. The molecule has 4 heteroatoms. The van der Waals surface area contributed by atoms with Crippen LogP contribution in [0.1, 0.15) is 6.92 Å². The number of rotatable bonds is 3. The van der Waals surface area contributed by atoms with Gasteiger partial charge in [0.25, 0.3) is 0 Å². The second-order valence-electron chi connectivity index (χ2n) is 2.66. The molecule has 72 valence electrons. The van der Waals surface area contributed by atoms with Gasteiger partial charge in [-0.2, -0.15) is 0 Å². The fraction of sp³-hybridized carbons (Fsp3) is 0.333. The molecule has 0 amide bonds. The Bertz CT molecular complexity index is 291. The average molecular weight is 284 g/mol. The van der Waals surface area contributed by atoms with Gasteiger partial charge in [-0.05, 0) is 19.1 Å². The van der Waals surface area contributed by atoms with Crippen molar-refractivity contribution in [2.24, 2.45) is 0 Å². The Morgan fingerprint density at radius 1 is 1.38 bits per heavy atom. The Morgan fingerprint density at radius 2 is 2.08 bits per heavy atom. The molecule has 0 fully saturated rings. The highest BCUT2D eigenvalue weighted by Gasteiger charge is 2.03. The van der Waals surface area contributed by atoms with Gasteiger partial charge in [0.05, 0.1) is 10.0 Å². The molecule has 0 saturated heterocycles. The van der Waals surface area contributed by atoms with Crippen LogP contribution in [-0.2, 0) is 0 Å². The van der Waals surface area contributed by atoms with Crippen molar-refractivity contribution in [2.45, 2.75) is 13.0 Å². The molecular weight excluding hydrogens is 275 g/mol. The van der Waals surface area contributed by atoms with Crippen molar-refractivity contribution in [2.75, 3.05) is 5.33 Å². The van der Waals surface area contributed by atoms with Crippen molar-refractivity contribution in [1.29, 1.82) is 0 Å². The number of halogens is 3. The maximum atomic E-state index is 5.82. The maximum absolute atomic E-state index is 5.82. The topological polar surface area (TPSA) is 9.23 Å². The van der Waals surface area contributed by atoms with Gasteiger partial charge in [0.2, 0.25) is 0 Å². The van der Waals surface area contributed by atoms with E-state index in [1.807, 2.05) is 6.92 Å². The minimum atomic E-state index is 0.122. The maximum Gasteiger partial charge on any atom is 0.121 e. The summed E-state index contributed by atoms with van der Waals surface area (Å²) in [6.07, 6.45) is 0.122. The molecule has 0 bridgehead atoms. The molecule has 0 N–H and O–H groups in total. The van der Waals surface area contributed by atoms with Gasteiger partial charge in [-0.25, -0.2) is 0 Å². The molecule has 0 unspecified atom stereocenters. The van der Waals surface area contributed by atoms with Crippen LogP contribution >= 0.6 is 39.1 Å². The van der Waals surface area contributed by atoms with Gasteiger partial charge in [-0.1, -0.05) is 39.1 Å². The van der Waals surface area contributed by atoms with Crippen molar-refractivity contribution in [3.05, 3.63) is 28.2 Å². The van der Waals surface area contributed by atoms with Crippen LogP contribution in [0, 0.1) is 0 Å². The first-order valence-electron chi connectivity index (χ1n) is 3.81. The zero-order valence-corrected chi connectivity index (χ0v) is 10.2. The summed E-state index contributed by atoms with van der Waals surface area (Å²) in [6, 6.07) is 5.23. The van der Waals surface area contributed by atoms with Crippen LogP contribution in [0.4, 0.5) is 0 Å². The van der Waals surface area contributed by atoms with Crippen LogP contribution in [0.2, 0.25) is 10.0 Å². The first-order valence-corrected chi connectivity index (χ1v) is 5.69. The van der Waals surface area contributed by atoms with Crippen molar-refractivity contribution in [3.63, 3.8) is 0 Å². The third-order valence-electron chi connectivity index (χ3n) is 1.45. The van der Waals surface area contributed by atoms with Gasteiger partial charge < -0.3 is 4.74 Å². The van der Waals surface area contributed by atoms with Crippen molar-refractivity contribution >= 4 is 39.1 Å². The third kappa shape index (κ3) is 3.37. The summed E-state index contributed by atoms with van der Waals surface area (Å²) in [5, 5.41) is 1.84. The molecule has 1 rings (SSSR count). The van der Waals surface area contributed by atoms with Gasteiger partial charge in [0.1, 0.15) is 11.9 Å². The molecule has 13 heavy (non-hydrogen) atoms. The molecule has 1 nitrogen and oxygen atoms in total. The zero-order chi connectivity index (χ0) is 9.84. The van der Waals surface area contributed by atoms with Gasteiger partial charge in [-0.15, -0.1) is 0 Å². The Hall–Kier alpha value is 0.0800. The lowest BCUT2D eigenvalue weighted by Gasteiger charge is -2.11. The van der Waals surface area contributed by atoms with Crippen LogP contribution in [0.3, 0.4) is 0 Å². The zero-order valence-electron chi connectivity index (χ0n) is 7.06. The molecule has 1 atom stereocenters. The highest BCUT2D eigenvalue weighted by Crippen LogP contribution is 2.26. The molecule has 1 aromatic rings. The van der Waals surface area contributed by atoms with E-state index in [-0.39, 0.29) is 6.10 Å². The quantitative estimate of drug-likeness (QED) is 0.757. The van der Waals surface area contributed by atoms with Crippen LogP contribution in [0.5, 0.6) is 5.75 Å². The summed E-state index contributed by atoms with van der Waals surface area (Å²) in [7, 11) is 0. The third-order valence-corrected chi connectivity index (χ3v) is 3.10. The van der Waals surface area contributed by atoms with E-state index in [0.29, 0.717) is 10.0 Å². The second kappa shape index (κ2) is 5.08. The van der Waals surface area contributed by atoms with Crippen LogP contribution in [0.15, 0.2) is 18.2 Å².